The normalized spacial score (nSPS) is 17.2. The summed E-state index contributed by atoms with van der Waals surface area (Å²) in [6.07, 6.45) is 13.4. The first kappa shape index (κ1) is 110. The molecule has 3 aliphatic heterocycles. The molecule has 87 heavy (non-hydrogen) atoms. The van der Waals surface area contributed by atoms with Gasteiger partial charge in [0.25, 0.3) is 0 Å². The van der Waals surface area contributed by atoms with Crippen LogP contribution in [0.15, 0.2) is 24.6 Å². The van der Waals surface area contributed by atoms with Crippen molar-refractivity contribution in [3.8, 4) is 0 Å². The van der Waals surface area contributed by atoms with E-state index < -0.39 is 71.7 Å². The van der Waals surface area contributed by atoms with Crippen LogP contribution < -0.4 is 0 Å². The van der Waals surface area contributed by atoms with Crippen LogP contribution in [-0.2, 0) is 0 Å². The Morgan fingerprint density at radius 1 is 0.460 bits per heavy atom. The summed E-state index contributed by atoms with van der Waals surface area (Å²) in [6, 6.07) is 16.8. The highest BCUT2D eigenvalue weighted by molar-refractivity contribution is 7.41. The first-order valence-electron chi connectivity index (χ1n) is 38.8. The quantitative estimate of drug-likeness (QED) is 0.0667. The van der Waals surface area contributed by atoms with Gasteiger partial charge in [-0.2, -0.15) is 0 Å². The van der Waals surface area contributed by atoms with Crippen LogP contribution in [0.4, 0.5) is 0 Å². The highest BCUT2D eigenvalue weighted by Gasteiger charge is 2.45. The Bertz CT molecular complexity index is 1260. The summed E-state index contributed by atoms with van der Waals surface area (Å²) in [5.41, 5.74) is 19.5. The minimum Gasteiger partial charge on any atom is -0.107 e. The first-order valence-corrected chi connectivity index (χ1v) is 101. The van der Waals surface area contributed by atoms with Crippen LogP contribution in [-0.4, -0.2) is 217 Å². The van der Waals surface area contributed by atoms with Gasteiger partial charge in [0.15, 0.2) is 0 Å². The maximum atomic E-state index is 3.91. The van der Waals surface area contributed by atoms with Crippen LogP contribution in [0.3, 0.4) is 0 Å². The lowest BCUT2D eigenvalue weighted by Crippen LogP contribution is -2.55. The standard InChI is InChI=1S/C10H22Si2.C8H22Si2.C7H18Si2.C7H20Si2.C6H16Si2.2C6H18Si2.C5H14Si.C3H12Si3.2C2H10Si2.CH8Si2/c1-7-11(3,4)9-10-12(5,6)8-2;9-7-5-3-1-2-4-6-8-10;1-8(2)6-5-7-9(8,3)4;1-8(2,3)7-9(4,5)6;1-7(2)5-8(3,4)6-7;1-7(2)6-8(3,4)5;1-7(2)5-6-8(3)4;1-3-4-5-6-2;1-4-2-6-3-5-1;1-4-2-3;3-1-2-4;2-1-3/h7-8H,1-2,9-10H2,3-6H3;1-8H2,9-10H3;5-7H2,1-4H3;7H2,1-6H3;5-6H2,1-4H3;7H,6H2,1-5H3;7-8H,5-6H2,1-4H3;3-6H2,1-2H3;1-6H2;2,4H2,1,3H3;1-2H2,3-4H3;1H2,2-3H3. The monoisotopic (exact) mass is 1620 g/mol. The second-order valence-electron chi connectivity index (χ2n) is 36.7. The van der Waals surface area contributed by atoms with Gasteiger partial charge in [-0.3, -0.25) is 0 Å². The molecule has 0 atom stereocenters. The average Bonchev–Trinajstić information content (AvgIpc) is 3.83. The van der Waals surface area contributed by atoms with E-state index in [1.165, 1.54) is 165 Å². The van der Waals surface area contributed by atoms with E-state index in [2.05, 4.69) is 221 Å². The van der Waals surface area contributed by atoms with Crippen molar-refractivity contribution in [2.24, 2.45) is 0 Å². The predicted octanol–water partition coefficient (Wildman–Crippen LogP) is 13.3. The summed E-state index contributed by atoms with van der Waals surface area (Å²) < 4.78 is 0. The molecule has 0 aromatic carbocycles. The van der Waals surface area contributed by atoms with E-state index in [0.717, 1.165) is 0 Å². The lowest BCUT2D eigenvalue weighted by Gasteiger charge is -2.46. The van der Waals surface area contributed by atoms with Crippen molar-refractivity contribution < 1.29 is 0 Å². The van der Waals surface area contributed by atoms with Crippen LogP contribution in [0, 0.1) is 0 Å². The smallest absolute Gasteiger partial charge is 0.0707 e. The Labute approximate surface area is 607 Å². The molecule has 3 aliphatic rings. The molecule has 0 aromatic heterocycles. The van der Waals surface area contributed by atoms with E-state index in [0.29, 0.717) is 47.6 Å². The van der Waals surface area contributed by atoms with Crippen LogP contribution in [0.5, 0.6) is 0 Å². The molecule has 3 rings (SSSR count). The van der Waals surface area contributed by atoms with Gasteiger partial charge in [0, 0.05) is 171 Å². The van der Waals surface area contributed by atoms with Gasteiger partial charge in [-0.25, -0.2) is 0 Å². The molecular formula is C63H188Si24. The third-order valence-corrected chi connectivity index (χ3v) is 100. The number of hydrogen-bond donors (Lipinski definition) is 0. The molecule has 0 aromatic rings. The second kappa shape index (κ2) is 67.8. The average molecular weight is 1620 g/mol. The van der Waals surface area contributed by atoms with Crippen molar-refractivity contribution in [1.82, 2.24) is 0 Å². The molecule has 0 spiro atoms. The Balaban J connectivity index is -0.000000111. The topological polar surface area (TPSA) is 0 Å². The van der Waals surface area contributed by atoms with Gasteiger partial charge in [0.2, 0.25) is 0 Å². The molecule has 0 bridgehead atoms. The lowest BCUT2D eigenvalue weighted by atomic mass is 10.1. The van der Waals surface area contributed by atoms with Gasteiger partial charge in [0.05, 0.1) is 16.1 Å². The lowest BCUT2D eigenvalue weighted by molar-refractivity contribution is 0.624. The summed E-state index contributed by atoms with van der Waals surface area (Å²) >= 11 is 0. The summed E-state index contributed by atoms with van der Waals surface area (Å²) in [4.78, 5) is 0. The Hall–Kier alpha value is 4.69. The molecule has 3 fully saturated rings. The van der Waals surface area contributed by atoms with E-state index in [4.69, 9.17) is 0 Å². The molecule has 0 radical (unpaired) electrons. The molecular weight excluding hydrogens is 1430 g/mol. The molecule has 0 amide bonds. The highest BCUT2D eigenvalue weighted by atomic mass is 29.3. The van der Waals surface area contributed by atoms with Crippen LogP contribution in [0.2, 0.25) is 307 Å². The number of unbranched alkanes of at least 4 members (excludes halogenated alkanes) is 6. The molecule has 3 heterocycles. The molecule has 536 valence electrons. The van der Waals surface area contributed by atoms with E-state index >= 15 is 0 Å². The van der Waals surface area contributed by atoms with Crippen molar-refractivity contribution >= 4 is 217 Å². The fourth-order valence-electron chi connectivity index (χ4n) is 11.3. The van der Waals surface area contributed by atoms with E-state index in [1.54, 1.807) is 65.0 Å². The molecule has 0 aliphatic carbocycles. The second-order valence-corrected chi connectivity index (χ2v) is 129. The summed E-state index contributed by atoms with van der Waals surface area (Å²) in [6.45, 7) is 81.6. The Morgan fingerprint density at radius 2 is 0.759 bits per heavy atom. The molecule has 0 saturated carbocycles. The largest absolute Gasteiger partial charge is 0.107 e. The zero-order chi connectivity index (χ0) is 70.7. The number of hydrogen-bond acceptors (Lipinski definition) is 0. The Morgan fingerprint density at radius 3 is 0.862 bits per heavy atom. The predicted molar refractivity (Wildman–Crippen MR) is 519 cm³/mol. The van der Waals surface area contributed by atoms with Crippen molar-refractivity contribution in [3.05, 3.63) is 24.6 Å². The third kappa shape index (κ3) is 110. The van der Waals surface area contributed by atoms with E-state index in [9.17, 15) is 0 Å². The van der Waals surface area contributed by atoms with Gasteiger partial charge in [-0.05, 0) is 30.7 Å². The van der Waals surface area contributed by atoms with Gasteiger partial charge in [-0.1, -0.05) is 372 Å². The van der Waals surface area contributed by atoms with Crippen molar-refractivity contribution in [3.63, 3.8) is 0 Å². The molecule has 0 unspecified atom stereocenters. The van der Waals surface area contributed by atoms with Gasteiger partial charge >= 0.3 is 0 Å². The van der Waals surface area contributed by atoms with Crippen LogP contribution in [0.1, 0.15) is 64.7 Å². The highest BCUT2D eigenvalue weighted by Crippen LogP contribution is 2.39. The minimum atomic E-state index is -1.05. The van der Waals surface area contributed by atoms with Gasteiger partial charge < -0.3 is 0 Å². The summed E-state index contributed by atoms with van der Waals surface area (Å²) in [5, 5.41) is 0. The van der Waals surface area contributed by atoms with Gasteiger partial charge in [-0.15, -0.1) is 24.6 Å². The first-order chi connectivity index (χ1) is 39.5. The SMILES string of the molecule is C1[SiH2]C[SiH2]C[SiH2]1.C=C[Si](C)(C)CC[Si](C)(C)C=C.CCCC[SiH2]C.C[SiH2]C[SiH3].C[SiH](C)CC[SiH](C)C.C[SiH](C)C[Si](C)(C)C.C[Si](C)(C)C[Si](C)(C)C.C[Si]1(C)CCC[Si]1(C)C.C[Si]1(C)C[Si](C)(C)C1.[SiH3]CCCCCCCC[SiH3].[SiH3]CC[SiH3].[SiH3]C[SiH3]. The van der Waals surface area contributed by atoms with Crippen molar-refractivity contribution in [2.75, 3.05) is 0 Å². The summed E-state index contributed by atoms with van der Waals surface area (Å²) in [5.74, 6) is 0. The minimum absolute atomic E-state index is 0.192. The number of rotatable bonds is 24. The zero-order valence-corrected chi connectivity index (χ0v) is 103. The fourth-order valence-corrected chi connectivity index (χ4v) is 94.0. The maximum absolute atomic E-state index is 3.91. The van der Waals surface area contributed by atoms with E-state index in [-0.39, 0.29) is 26.4 Å². The molecule has 3 saturated heterocycles. The Kier molecular flexibility index (Phi) is 86.0. The fraction of sp³-hybridized carbons (Fsp3) is 0.937. The van der Waals surface area contributed by atoms with Crippen molar-refractivity contribution in [2.45, 2.75) is 372 Å². The zero-order valence-electron chi connectivity index (χ0n) is 69.8. The van der Waals surface area contributed by atoms with Crippen LogP contribution in [0.25, 0.3) is 0 Å². The molecule has 0 nitrogen and oxygen atoms in total. The third-order valence-electron chi connectivity index (χ3n) is 16.7. The van der Waals surface area contributed by atoms with Crippen molar-refractivity contribution in [1.29, 1.82) is 0 Å². The molecule has 24 heteroatoms. The maximum Gasteiger partial charge on any atom is 0.0707 e. The van der Waals surface area contributed by atoms with Gasteiger partial charge in [0.1, 0.15) is 0 Å². The van der Waals surface area contributed by atoms with E-state index in [1.807, 2.05) is 17.0 Å². The van der Waals surface area contributed by atoms with Crippen LogP contribution >= 0.6 is 0 Å². The summed E-state index contributed by atoms with van der Waals surface area (Å²) in [7, 11) is 5.63. The molecule has 0 N–H and O–H groups in total.